The highest BCUT2D eigenvalue weighted by atomic mass is 16.5. The molecule has 1 N–H and O–H groups in total. The lowest BCUT2D eigenvalue weighted by atomic mass is 9.86. The highest BCUT2D eigenvalue weighted by Gasteiger charge is 2.38. The number of ether oxygens (including phenoxy) is 1. The molecule has 3 rings (SSSR count). The Kier molecular flexibility index (Phi) is 5.06. The minimum absolute atomic E-state index is 0.343. The van der Waals surface area contributed by atoms with Crippen LogP contribution in [0.3, 0.4) is 0 Å². The van der Waals surface area contributed by atoms with Gasteiger partial charge in [-0.2, -0.15) is 0 Å². The molecule has 2 heteroatoms. The second kappa shape index (κ2) is 7.23. The molecular formula is C22H27NO. The summed E-state index contributed by atoms with van der Waals surface area (Å²) < 4.78 is 5.47. The first-order valence-corrected chi connectivity index (χ1v) is 8.71. The monoisotopic (exact) mass is 321 g/mol. The fourth-order valence-corrected chi connectivity index (χ4v) is 3.82. The zero-order valence-electron chi connectivity index (χ0n) is 15.0. The Bertz CT molecular complexity index is 716. The van der Waals surface area contributed by atoms with Crippen molar-refractivity contribution in [1.82, 2.24) is 5.32 Å². The molecule has 0 heterocycles. The highest BCUT2D eigenvalue weighted by Crippen LogP contribution is 2.49. The van der Waals surface area contributed by atoms with Crippen molar-refractivity contribution in [2.75, 3.05) is 13.7 Å². The van der Waals surface area contributed by atoms with E-state index >= 15 is 0 Å². The fraction of sp³-hybridized carbons (Fsp3) is 0.364. The van der Waals surface area contributed by atoms with E-state index in [1.54, 1.807) is 7.11 Å². The summed E-state index contributed by atoms with van der Waals surface area (Å²) in [6.07, 6.45) is 2.25. The number of methoxy groups -OCH3 is 1. The molecular weight excluding hydrogens is 294 g/mol. The van der Waals surface area contributed by atoms with Crippen LogP contribution in [0.4, 0.5) is 0 Å². The lowest BCUT2D eigenvalue weighted by Gasteiger charge is -2.22. The van der Waals surface area contributed by atoms with Crippen LogP contribution in [-0.2, 0) is 0 Å². The molecule has 1 aliphatic rings. The molecule has 2 nitrogen and oxygen atoms in total. The molecule has 2 aromatic carbocycles. The van der Waals surface area contributed by atoms with Crippen molar-refractivity contribution in [2.45, 2.75) is 32.7 Å². The Hall–Kier alpha value is -2.06. The quantitative estimate of drug-likeness (QED) is 0.776. The first-order chi connectivity index (χ1) is 11.6. The summed E-state index contributed by atoms with van der Waals surface area (Å²) >= 11 is 0. The first kappa shape index (κ1) is 16.8. The summed E-state index contributed by atoms with van der Waals surface area (Å²) in [7, 11) is 1.74. The maximum absolute atomic E-state index is 5.47. The van der Waals surface area contributed by atoms with Gasteiger partial charge in [-0.15, -0.1) is 0 Å². The summed E-state index contributed by atoms with van der Waals surface area (Å²) in [6.45, 7) is 7.53. The Labute approximate surface area is 145 Å². The van der Waals surface area contributed by atoms with E-state index in [4.69, 9.17) is 4.74 Å². The summed E-state index contributed by atoms with van der Waals surface area (Å²) in [5.74, 6) is 1.86. The summed E-state index contributed by atoms with van der Waals surface area (Å²) in [5.41, 5.74) is 5.53. The largest absolute Gasteiger partial charge is 0.497 e. The third-order valence-electron chi connectivity index (χ3n) is 5.02. The van der Waals surface area contributed by atoms with Crippen LogP contribution in [-0.4, -0.2) is 13.7 Å². The number of fused-ring (bicyclic) bond motifs is 1. The van der Waals surface area contributed by atoms with Gasteiger partial charge >= 0.3 is 0 Å². The number of hydrogen-bond acceptors (Lipinski definition) is 2. The topological polar surface area (TPSA) is 21.3 Å². The molecule has 126 valence electrons. The van der Waals surface area contributed by atoms with Gasteiger partial charge in [0.1, 0.15) is 5.75 Å². The van der Waals surface area contributed by atoms with E-state index in [0.717, 1.165) is 12.3 Å². The first-order valence-electron chi connectivity index (χ1n) is 8.71. The van der Waals surface area contributed by atoms with Crippen LogP contribution in [0.1, 0.15) is 49.4 Å². The average Bonchev–Trinajstić information content (AvgIpc) is 2.86. The van der Waals surface area contributed by atoms with E-state index in [1.165, 1.54) is 22.3 Å². The van der Waals surface area contributed by atoms with Crippen LogP contribution in [0.2, 0.25) is 0 Å². The van der Waals surface area contributed by atoms with Crippen LogP contribution in [0.5, 0.6) is 5.75 Å². The van der Waals surface area contributed by atoms with E-state index in [2.05, 4.69) is 80.7 Å². The molecule has 24 heavy (non-hydrogen) atoms. The Balaban J connectivity index is 1.98. The second-order valence-electron chi connectivity index (χ2n) is 6.91. The lowest BCUT2D eigenvalue weighted by molar-refractivity contribution is 0.399. The number of rotatable bonds is 5. The molecule has 0 bridgehead atoms. The zero-order valence-corrected chi connectivity index (χ0v) is 15.0. The van der Waals surface area contributed by atoms with E-state index in [0.29, 0.717) is 17.9 Å². The Morgan fingerprint density at radius 3 is 2.50 bits per heavy atom. The van der Waals surface area contributed by atoms with E-state index in [1.807, 2.05) is 0 Å². The average molecular weight is 321 g/mol. The number of benzene rings is 2. The predicted molar refractivity (Wildman–Crippen MR) is 101 cm³/mol. The number of allylic oxidation sites excluding steroid dienone is 1. The van der Waals surface area contributed by atoms with Gasteiger partial charge in [-0.1, -0.05) is 55.0 Å². The molecule has 1 aliphatic carbocycles. The predicted octanol–water partition coefficient (Wildman–Crippen LogP) is 5.07. The summed E-state index contributed by atoms with van der Waals surface area (Å²) in [6, 6.07) is 17.7. The van der Waals surface area contributed by atoms with Gasteiger partial charge in [0.25, 0.3) is 0 Å². The number of nitrogens with one attached hydrogen (secondary N) is 1. The van der Waals surface area contributed by atoms with Crippen molar-refractivity contribution in [3.8, 4) is 5.75 Å². The maximum atomic E-state index is 5.47. The summed E-state index contributed by atoms with van der Waals surface area (Å²) in [4.78, 5) is 0. The molecule has 0 aromatic heterocycles. The third-order valence-corrected chi connectivity index (χ3v) is 5.02. The van der Waals surface area contributed by atoms with E-state index < -0.39 is 0 Å². The molecule has 3 atom stereocenters. The molecule has 0 spiro atoms. The minimum Gasteiger partial charge on any atom is -0.497 e. The van der Waals surface area contributed by atoms with Crippen molar-refractivity contribution < 1.29 is 4.74 Å². The van der Waals surface area contributed by atoms with Gasteiger partial charge in [-0.3, -0.25) is 0 Å². The summed E-state index contributed by atoms with van der Waals surface area (Å²) in [5, 5.41) is 3.74. The van der Waals surface area contributed by atoms with Crippen molar-refractivity contribution in [3.05, 3.63) is 76.9 Å². The maximum Gasteiger partial charge on any atom is 0.119 e. The van der Waals surface area contributed by atoms with Crippen LogP contribution in [0.25, 0.3) is 0 Å². The van der Waals surface area contributed by atoms with Gasteiger partial charge in [0.05, 0.1) is 7.11 Å². The molecule has 0 amide bonds. The standard InChI is InChI=1S/C22H27NO/c1-15(2)12-13-23-22-16(3)21(17-8-6-5-7-9-17)19-11-10-18(24-4)14-20(19)22/h5-12,14,16,21-23H,13H2,1-4H3/t16-,21+,22+/m1/s1. The molecule has 0 radical (unpaired) electrons. The minimum atomic E-state index is 0.343. The van der Waals surface area contributed by atoms with Crippen LogP contribution in [0.15, 0.2) is 60.2 Å². The van der Waals surface area contributed by atoms with Crippen LogP contribution >= 0.6 is 0 Å². The van der Waals surface area contributed by atoms with Crippen LogP contribution in [0, 0.1) is 5.92 Å². The lowest BCUT2D eigenvalue weighted by Crippen LogP contribution is -2.25. The Morgan fingerprint density at radius 2 is 1.83 bits per heavy atom. The molecule has 0 saturated carbocycles. The van der Waals surface area contributed by atoms with E-state index in [9.17, 15) is 0 Å². The third kappa shape index (κ3) is 3.25. The molecule has 0 saturated heterocycles. The highest BCUT2D eigenvalue weighted by molar-refractivity contribution is 5.49. The van der Waals surface area contributed by atoms with Gasteiger partial charge in [-0.05, 0) is 48.6 Å². The molecule has 0 fully saturated rings. The smallest absolute Gasteiger partial charge is 0.119 e. The fourth-order valence-electron chi connectivity index (χ4n) is 3.82. The van der Waals surface area contributed by atoms with Gasteiger partial charge in [-0.25, -0.2) is 0 Å². The van der Waals surface area contributed by atoms with Gasteiger partial charge < -0.3 is 10.1 Å². The van der Waals surface area contributed by atoms with Crippen molar-refractivity contribution in [1.29, 1.82) is 0 Å². The zero-order chi connectivity index (χ0) is 17.1. The Morgan fingerprint density at radius 1 is 1.08 bits per heavy atom. The van der Waals surface area contributed by atoms with Crippen LogP contribution < -0.4 is 10.1 Å². The van der Waals surface area contributed by atoms with Gasteiger partial charge in [0.2, 0.25) is 0 Å². The second-order valence-corrected chi connectivity index (χ2v) is 6.91. The number of hydrogen-bond donors (Lipinski definition) is 1. The van der Waals surface area contributed by atoms with E-state index in [-0.39, 0.29) is 0 Å². The van der Waals surface area contributed by atoms with Crippen molar-refractivity contribution >= 4 is 0 Å². The van der Waals surface area contributed by atoms with Crippen molar-refractivity contribution in [2.24, 2.45) is 5.92 Å². The molecule has 0 aliphatic heterocycles. The van der Waals surface area contributed by atoms with Gasteiger partial charge in [0, 0.05) is 18.5 Å². The van der Waals surface area contributed by atoms with Gasteiger partial charge in [0.15, 0.2) is 0 Å². The molecule has 2 aromatic rings. The normalized spacial score (nSPS) is 22.1. The van der Waals surface area contributed by atoms with Crippen molar-refractivity contribution in [3.63, 3.8) is 0 Å². The molecule has 0 unspecified atom stereocenters. The SMILES string of the molecule is COc1ccc2c(c1)[C@@H](NCC=C(C)C)[C@H](C)[C@H]2c1ccccc1.